The quantitative estimate of drug-likeness (QED) is 0.393. The first-order valence-corrected chi connectivity index (χ1v) is 9.73. The number of fused-ring (bicyclic) bond motifs is 1. The molecule has 9 heteroatoms. The third-order valence-electron chi connectivity index (χ3n) is 4.16. The van der Waals surface area contributed by atoms with Crippen molar-refractivity contribution in [2.75, 3.05) is 4.72 Å². The third-order valence-corrected chi connectivity index (χ3v) is 5.55. The van der Waals surface area contributed by atoms with Crippen LogP contribution >= 0.6 is 0 Å². The number of hydrogen-bond acceptors (Lipinski definition) is 5. The lowest BCUT2D eigenvalue weighted by Crippen LogP contribution is -2.12. The average molecular weight is 394 g/mol. The summed E-state index contributed by atoms with van der Waals surface area (Å²) in [5.41, 5.74) is 2.78. The second kappa shape index (κ2) is 6.78. The standard InChI is InChI=1S/C19H14N4O4S/c24-23(25)15-9-11-16(12-10-15)28(26,27)22-14-7-5-13(6-8-14)19-20-17-3-1-2-4-18(17)21-19/h1-12,22H,(H,20,21). The number of imidazole rings is 1. The van der Waals surface area contributed by atoms with Crippen LogP contribution in [0.15, 0.2) is 77.7 Å². The number of benzene rings is 3. The van der Waals surface area contributed by atoms with Crippen LogP contribution in [0.25, 0.3) is 22.4 Å². The van der Waals surface area contributed by atoms with Crippen LogP contribution in [0.1, 0.15) is 0 Å². The maximum Gasteiger partial charge on any atom is 0.269 e. The van der Waals surface area contributed by atoms with E-state index in [0.29, 0.717) is 11.5 Å². The smallest absolute Gasteiger partial charge is 0.269 e. The molecule has 1 heterocycles. The molecule has 0 amide bonds. The zero-order valence-electron chi connectivity index (χ0n) is 14.4. The number of sulfonamides is 1. The lowest BCUT2D eigenvalue weighted by Gasteiger charge is -2.08. The topological polar surface area (TPSA) is 118 Å². The molecule has 0 radical (unpaired) electrons. The average Bonchev–Trinajstić information content (AvgIpc) is 3.12. The number of aromatic nitrogens is 2. The molecule has 8 nitrogen and oxygen atoms in total. The number of nitrogens with zero attached hydrogens (tertiary/aromatic N) is 2. The van der Waals surface area contributed by atoms with Gasteiger partial charge >= 0.3 is 0 Å². The highest BCUT2D eigenvalue weighted by atomic mass is 32.2. The monoisotopic (exact) mass is 394 g/mol. The number of non-ortho nitro benzene ring substituents is 1. The molecule has 4 rings (SSSR count). The van der Waals surface area contributed by atoms with Gasteiger partial charge in [-0.05, 0) is 48.5 Å². The van der Waals surface area contributed by atoms with E-state index in [1.807, 2.05) is 24.3 Å². The summed E-state index contributed by atoms with van der Waals surface area (Å²) in [6.45, 7) is 0. The number of hydrogen-bond donors (Lipinski definition) is 2. The van der Waals surface area contributed by atoms with Gasteiger partial charge in [0.25, 0.3) is 15.7 Å². The number of H-pyrrole nitrogens is 1. The highest BCUT2D eigenvalue weighted by Crippen LogP contribution is 2.24. The van der Waals surface area contributed by atoms with Gasteiger partial charge in [0.05, 0.1) is 20.9 Å². The van der Waals surface area contributed by atoms with Crippen LogP contribution in [0.2, 0.25) is 0 Å². The molecule has 0 aliphatic rings. The molecule has 0 saturated carbocycles. The van der Waals surface area contributed by atoms with Crippen molar-refractivity contribution in [3.05, 3.63) is 82.9 Å². The number of anilines is 1. The molecule has 0 spiro atoms. The summed E-state index contributed by atoms with van der Waals surface area (Å²) >= 11 is 0. The highest BCUT2D eigenvalue weighted by molar-refractivity contribution is 7.92. The van der Waals surface area contributed by atoms with Crippen molar-refractivity contribution in [2.24, 2.45) is 0 Å². The number of nitro benzene ring substituents is 1. The van der Waals surface area contributed by atoms with E-state index >= 15 is 0 Å². The van der Waals surface area contributed by atoms with Gasteiger partial charge < -0.3 is 4.98 Å². The van der Waals surface area contributed by atoms with E-state index < -0.39 is 14.9 Å². The first-order chi connectivity index (χ1) is 13.4. The molecule has 140 valence electrons. The number of nitro groups is 1. The van der Waals surface area contributed by atoms with Gasteiger partial charge in [0.1, 0.15) is 5.82 Å². The minimum atomic E-state index is -3.85. The predicted molar refractivity (Wildman–Crippen MR) is 105 cm³/mol. The second-order valence-electron chi connectivity index (χ2n) is 6.04. The van der Waals surface area contributed by atoms with Gasteiger partial charge in [0.2, 0.25) is 0 Å². The van der Waals surface area contributed by atoms with E-state index in [9.17, 15) is 18.5 Å². The summed E-state index contributed by atoms with van der Waals surface area (Å²) in [5.74, 6) is 0.686. The molecule has 0 saturated heterocycles. The molecule has 0 aliphatic heterocycles. The van der Waals surface area contributed by atoms with Crippen LogP contribution in [0.3, 0.4) is 0 Å². The Labute approximate surface area is 160 Å². The van der Waals surface area contributed by atoms with Crippen LogP contribution in [0, 0.1) is 10.1 Å². The molecular weight excluding hydrogens is 380 g/mol. The van der Waals surface area contributed by atoms with Gasteiger partial charge in [-0.25, -0.2) is 13.4 Å². The third kappa shape index (κ3) is 3.42. The summed E-state index contributed by atoms with van der Waals surface area (Å²) in [6, 6.07) is 19.1. The Hall–Kier alpha value is -3.72. The second-order valence-corrected chi connectivity index (χ2v) is 7.72. The molecule has 4 aromatic rings. The lowest BCUT2D eigenvalue weighted by atomic mass is 10.2. The fraction of sp³-hybridized carbons (Fsp3) is 0. The van der Waals surface area contributed by atoms with E-state index in [1.165, 1.54) is 12.1 Å². The van der Waals surface area contributed by atoms with Crippen LogP contribution in [-0.2, 0) is 10.0 Å². The molecule has 28 heavy (non-hydrogen) atoms. The van der Waals surface area contributed by atoms with Crippen molar-refractivity contribution in [1.29, 1.82) is 0 Å². The maximum absolute atomic E-state index is 12.5. The Morgan fingerprint density at radius 1 is 0.929 bits per heavy atom. The largest absolute Gasteiger partial charge is 0.338 e. The number of aromatic amines is 1. The van der Waals surface area contributed by atoms with Gasteiger partial charge in [-0.2, -0.15) is 0 Å². The SMILES string of the molecule is O=[N+]([O-])c1ccc(S(=O)(=O)Nc2ccc(-c3nc4ccccc4[nH]3)cc2)cc1. The fourth-order valence-electron chi connectivity index (χ4n) is 2.75. The molecule has 0 unspecified atom stereocenters. The molecule has 2 N–H and O–H groups in total. The van der Waals surface area contributed by atoms with Gasteiger partial charge in [-0.1, -0.05) is 12.1 Å². The summed E-state index contributed by atoms with van der Waals surface area (Å²) in [4.78, 5) is 17.8. The van der Waals surface area contributed by atoms with Gasteiger partial charge in [-0.3, -0.25) is 14.8 Å². The van der Waals surface area contributed by atoms with Crippen LogP contribution in [-0.4, -0.2) is 23.3 Å². The first kappa shape index (κ1) is 17.7. The molecule has 0 atom stereocenters. The summed E-state index contributed by atoms with van der Waals surface area (Å²) < 4.78 is 27.4. The molecular formula is C19H14N4O4S. The van der Waals surface area contributed by atoms with Gasteiger partial charge in [0, 0.05) is 23.4 Å². The molecule has 3 aromatic carbocycles. The van der Waals surface area contributed by atoms with E-state index in [-0.39, 0.29) is 10.6 Å². The van der Waals surface area contributed by atoms with E-state index in [0.717, 1.165) is 28.7 Å². The van der Waals surface area contributed by atoms with Crippen LogP contribution in [0.4, 0.5) is 11.4 Å². The van der Waals surface area contributed by atoms with E-state index in [1.54, 1.807) is 24.3 Å². The van der Waals surface area contributed by atoms with Crippen molar-refractivity contribution < 1.29 is 13.3 Å². The zero-order chi connectivity index (χ0) is 19.7. The van der Waals surface area contributed by atoms with Gasteiger partial charge in [-0.15, -0.1) is 0 Å². The van der Waals surface area contributed by atoms with Crippen LogP contribution < -0.4 is 4.72 Å². The Morgan fingerprint density at radius 2 is 1.61 bits per heavy atom. The Balaban J connectivity index is 1.55. The maximum atomic E-state index is 12.5. The highest BCUT2D eigenvalue weighted by Gasteiger charge is 2.16. The fourth-order valence-corrected chi connectivity index (χ4v) is 3.81. The van der Waals surface area contributed by atoms with Gasteiger partial charge in [0.15, 0.2) is 0 Å². The predicted octanol–water partition coefficient (Wildman–Crippen LogP) is 3.94. The van der Waals surface area contributed by atoms with Crippen molar-refractivity contribution in [1.82, 2.24) is 9.97 Å². The van der Waals surface area contributed by atoms with E-state index in [4.69, 9.17) is 0 Å². The number of nitrogens with one attached hydrogen (secondary N) is 2. The Kier molecular flexibility index (Phi) is 4.28. The summed E-state index contributed by atoms with van der Waals surface area (Å²) in [6.07, 6.45) is 0. The molecule has 1 aromatic heterocycles. The van der Waals surface area contributed by atoms with E-state index in [2.05, 4.69) is 14.7 Å². The Morgan fingerprint density at radius 3 is 2.25 bits per heavy atom. The van der Waals surface area contributed by atoms with Crippen molar-refractivity contribution in [3.8, 4) is 11.4 Å². The van der Waals surface area contributed by atoms with Crippen molar-refractivity contribution in [3.63, 3.8) is 0 Å². The Bertz CT molecular complexity index is 1230. The number of rotatable bonds is 5. The normalized spacial score (nSPS) is 11.4. The first-order valence-electron chi connectivity index (χ1n) is 8.25. The van der Waals surface area contributed by atoms with Crippen molar-refractivity contribution in [2.45, 2.75) is 4.90 Å². The number of para-hydroxylation sites is 2. The molecule has 0 aliphatic carbocycles. The summed E-state index contributed by atoms with van der Waals surface area (Å²) in [5, 5.41) is 10.7. The minimum Gasteiger partial charge on any atom is -0.338 e. The van der Waals surface area contributed by atoms with Crippen LogP contribution in [0.5, 0.6) is 0 Å². The molecule has 0 bridgehead atoms. The lowest BCUT2D eigenvalue weighted by molar-refractivity contribution is -0.384. The zero-order valence-corrected chi connectivity index (χ0v) is 15.2. The molecule has 0 fully saturated rings. The summed E-state index contributed by atoms with van der Waals surface area (Å²) in [7, 11) is -3.85. The van der Waals surface area contributed by atoms with Crippen molar-refractivity contribution >= 4 is 32.4 Å². The minimum absolute atomic E-state index is 0.0561.